The Kier molecular flexibility index (Phi) is 9.69. The second kappa shape index (κ2) is 11.0. The Labute approximate surface area is 153 Å². The standard InChI is InChI=1S/C20H30N.HI/c1-3-4-5-6-7-8-9-12-17-21-18(2)15-16-19-13-10-11-14-20(19)21;/h10-11,13-16H,3-9,12,17H2,1-2H3;1H/q+1;/p-1. The minimum absolute atomic E-state index is 0. The number of nitrogens with zero attached hydrogens (tertiary/aromatic N) is 1. The summed E-state index contributed by atoms with van der Waals surface area (Å²) in [5.74, 6) is 0. The van der Waals surface area contributed by atoms with Crippen LogP contribution >= 0.6 is 0 Å². The fourth-order valence-corrected chi connectivity index (χ4v) is 3.07. The van der Waals surface area contributed by atoms with Gasteiger partial charge in [0.1, 0.15) is 6.54 Å². The molecular formula is C20H30IN. The van der Waals surface area contributed by atoms with Gasteiger partial charge in [0.2, 0.25) is 5.52 Å². The molecule has 0 amide bonds. The van der Waals surface area contributed by atoms with Gasteiger partial charge in [0.25, 0.3) is 0 Å². The summed E-state index contributed by atoms with van der Waals surface area (Å²) < 4.78 is 2.48. The molecule has 0 aliphatic rings. The Balaban J connectivity index is 0.00000242. The lowest BCUT2D eigenvalue weighted by atomic mass is 10.1. The van der Waals surface area contributed by atoms with E-state index in [0.717, 1.165) is 6.54 Å². The Morgan fingerprint density at radius 2 is 1.41 bits per heavy atom. The van der Waals surface area contributed by atoms with E-state index in [1.807, 2.05) is 0 Å². The maximum absolute atomic E-state index is 2.48. The molecule has 0 saturated heterocycles. The molecule has 0 bridgehead atoms. The van der Waals surface area contributed by atoms with Crippen molar-refractivity contribution in [2.75, 3.05) is 0 Å². The van der Waals surface area contributed by atoms with Crippen molar-refractivity contribution in [3.63, 3.8) is 0 Å². The van der Waals surface area contributed by atoms with Crippen LogP contribution in [0.4, 0.5) is 0 Å². The highest BCUT2D eigenvalue weighted by atomic mass is 127. The van der Waals surface area contributed by atoms with Crippen LogP contribution < -0.4 is 28.5 Å². The highest BCUT2D eigenvalue weighted by molar-refractivity contribution is 5.75. The topological polar surface area (TPSA) is 3.88 Å². The van der Waals surface area contributed by atoms with Crippen LogP contribution in [0.2, 0.25) is 0 Å². The normalized spacial score (nSPS) is 10.6. The maximum atomic E-state index is 2.48. The van der Waals surface area contributed by atoms with Crippen molar-refractivity contribution in [1.82, 2.24) is 0 Å². The lowest BCUT2D eigenvalue weighted by Crippen LogP contribution is -3.00. The average Bonchev–Trinajstić information content (AvgIpc) is 2.51. The molecule has 2 rings (SSSR count). The second-order valence-corrected chi connectivity index (χ2v) is 6.16. The van der Waals surface area contributed by atoms with Crippen LogP contribution in [0.25, 0.3) is 10.9 Å². The molecule has 1 aromatic carbocycles. The first kappa shape index (κ1) is 19.4. The first-order valence-electron chi connectivity index (χ1n) is 8.71. The zero-order valence-electron chi connectivity index (χ0n) is 14.2. The van der Waals surface area contributed by atoms with Crippen LogP contribution in [0.15, 0.2) is 36.4 Å². The van der Waals surface area contributed by atoms with Gasteiger partial charge < -0.3 is 24.0 Å². The highest BCUT2D eigenvalue weighted by Gasteiger charge is 2.11. The van der Waals surface area contributed by atoms with Gasteiger partial charge in [-0.2, -0.15) is 4.57 Å². The van der Waals surface area contributed by atoms with Gasteiger partial charge >= 0.3 is 0 Å². The lowest BCUT2D eigenvalue weighted by molar-refractivity contribution is -0.677. The molecule has 0 saturated carbocycles. The van der Waals surface area contributed by atoms with Crippen molar-refractivity contribution in [3.05, 3.63) is 42.1 Å². The molecule has 0 atom stereocenters. The van der Waals surface area contributed by atoms with Crippen molar-refractivity contribution in [2.24, 2.45) is 0 Å². The summed E-state index contributed by atoms with van der Waals surface area (Å²) in [4.78, 5) is 0. The van der Waals surface area contributed by atoms with E-state index in [9.17, 15) is 0 Å². The van der Waals surface area contributed by atoms with Crippen LogP contribution in [0, 0.1) is 6.92 Å². The lowest BCUT2D eigenvalue weighted by Gasteiger charge is -2.05. The summed E-state index contributed by atoms with van der Waals surface area (Å²) in [5.41, 5.74) is 2.75. The molecule has 0 aliphatic heterocycles. The van der Waals surface area contributed by atoms with E-state index in [1.165, 1.54) is 68.0 Å². The van der Waals surface area contributed by atoms with Gasteiger partial charge in [-0.15, -0.1) is 0 Å². The predicted molar refractivity (Wildman–Crippen MR) is 91.5 cm³/mol. The van der Waals surface area contributed by atoms with Crippen molar-refractivity contribution in [3.8, 4) is 0 Å². The van der Waals surface area contributed by atoms with Gasteiger partial charge in [-0.05, 0) is 18.6 Å². The maximum Gasteiger partial charge on any atom is 0.212 e. The number of aromatic nitrogens is 1. The van der Waals surface area contributed by atoms with Gasteiger partial charge in [-0.25, -0.2) is 0 Å². The largest absolute Gasteiger partial charge is 1.00 e. The molecule has 0 fully saturated rings. The van der Waals surface area contributed by atoms with E-state index < -0.39 is 0 Å². The van der Waals surface area contributed by atoms with E-state index in [4.69, 9.17) is 0 Å². The number of benzene rings is 1. The van der Waals surface area contributed by atoms with Gasteiger partial charge in [0.05, 0.1) is 0 Å². The summed E-state index contributed by atoms with van der Waals surface area (Å²) in [6.45, 7) is 5.66. The number of unbranched alkanes of at least 4 members (excludes halogenated alkanes) is 7. The number of para-hydroxylation sites is 1. The monoisotopic (exact) mass is 411 g/mol. The summed E-state index contributed by atoms with van der Waals surface area (Å²) in [5, 5.41) is 1.35. The first-order chi connectivity index (χ1) is 10.3. The number of hydrogen-bond donors (Lipinski definition) is 0. The molecule has 0 aliphatic carbocycles. The SMILES string of the molecule is CCCCCCCCCC[n+]1c(C)ccc2ccccc21.[I-]. The number of rotatable bonds is 9. The minimum Gasteiger partial charge on any atom is -1.00 e. The van der Waals surface area contributed by atoms with Crippen molar-refractivity contribution in [1.29, 1.82) is 0 Å². The predicted octanol–water partition coefficient (Wildman–Crippen LogP) is 2.58. The summed E-state index contributed by atoms with van der Waals surface area (Å²) >= 11 is 0. The summed E-state index contributed by atoms with van der Waals surface area (Å²) in [6.07, 6.45) is 11.1. The molecule has 0 spiro atoms. The quantitative estimate of drug-likeness (QED) is 0.339. The van der Waals surface area contributed by atoms with E-state index in [0.29, 0.717) is 0 Å². The van der Waals surface area contributed by atoms with Gasteiger partial charge in [-0.1, -0.05) is 57.6 Å². The number of halogens is 1. The smallest absolute Gasteiger partial charge is 0.212 e. The zero-order chi connectivity index (χ0) is 14.9. The molecule has 122 valence electrons. The molecular weight excluding hydrogens is 381 g/mol. The minimum atomic E-state index is 0. The Bertz CT molecular complexity index is 550. The van der Waals surface area contributed by atoms with Gasteiger partial charge in [0, 0.05) is 30.9 Å². The van der Waals surface area contributed by atoms with Crippen LogP contribution in [0.3, 0.4) is 0 Å². The van der Waals surface area contributed by atoms with E-state index in [1.54, 1.807) is 0 Å². The Hall–Kier alpha value is -0.640. The van der Waals surface area contributed by atoms with Crippen LogP contribution in [0.1, 0.15) is 64.0 Å². The number of hydrogen-bond acceptors (Lipinski definition) is 0. The van der Waals surface area contributed by atoms with Gasteiger partial charge in [-0.3, -0.25) is 0 Å². The van der Waals surface area contributed by atoms with Crippen molar-refractivity contribution >= 4 is 10.9 Å². The molecule has 0 N–H and O–H groups in total. The Morgan fingerprint density at radius 3 is 2.14 bits per heavy atom. The van der Waals surface area contributed by atoms with Crippen LogP contribution in [0.5, 0.6) is 0 Å². The number of aryl methyl sites for hydroxylation is 2. The summed E-state index contributed by atoms with van der Waals surface area (Å²) in [6, 6.07) is 13.2. The third-order valence-corrected chi connectivity index (χ3v) is 4.39. The molecule has 2 aromatic rings. The highest BCUT2D eigenvalue weighted by Crippen LogP contribution is 2.12. The average molecular weight is 411 g/mol. The Morgan fingerprint density at radius 1 is 0.773 bits per heavy atom. The van der Waals surface area contributed by atoms with E-state index >= 15 is 0 Å². The van der Waals surface area contributed by atoms with Crippen molar-refractivity contribution in [2.45, 2.75) is 71.8 Å². The van der Waals surface area contributed by atoms with E-state index in [2.05, 4.69) is 54.8 Å². The summed E-state index contributed by atoms with van der Waals surface area (Å²) in [7, 11) is 0. The third-order valence-electron chi connectivity index (χ3n) is 4.39. The third kappa shape index (κ3) is 5.86. The molecule has 0 unspecified atom stereocenters. The number of fused-ring (bicyclic) bond motifs is 1. The van der Waals surface area contributed by atoms with Crippen LogP contribution in [-0.2, 0) is 6.54 Å². The molecule has 2 heteroatoms. The molecule has 0 radical (unpaired) electrons. The van der Waals surface area contributed by atoms with Crippen molar-refractivity contribution < 1.29 is 28.5 Å². The molecule has 1 nitrogen and oxygen atoms in total. The molecule has 1 heterocycles. The molecule has 22 heavy (non-hydrogen) atoms. The fraction of sp³-hybridized carbons (Fsp3) is 0.550. The first-order valence-corrected chi connectivity index (χ1v) is 8.71. The van der Waals surface area contributed by atoms with Gasteiger partial charge in [0.15, 0.2) is 5.69 Å². The number of pyridine rings is 1. The van der Waals surface area contributed by atoms with Crippen LogP contribution in [-0.4, -0.2) is 0 Å². The fourth-order valence-electron chi connectivity index (χ4n) is 3.07. The molecule has 1 aromatic heterocycles. The second-order valence-electron chi connectivity index (χ2n) is 6.16. The zero-order valence-corrected chi connectivity index (χ0v) is 16.3. The van der Waals surface area contributed by atoms with E-state index in [-0.39, 0.29) is 24.0 Å².